The number of fused-ring (bicyclic) bond motifs is 1. The molecule has 3 aromatic heterocycles. The standard InChI is InChI=1S/C19H25N7O2S/c1-13-6-3-9-25(12-13)18-22-15-14(16(27)23-19(28)24(15)2)26(18)10-5-11-29-17-20-7-4-8-21-17/h4,7-8,13H,3,5-6,9-12H2,1-2H3,(H,23,27,28). The highest BCUT2D eigenvalue weighted by molar-refractivity contribution is 7.99. The van der Waals surface area contributed by atoms with E-state index in [0.29, 0.717) is 23.6 Å². The lowest BCUT2D eigenvalue weighted by molar-refractivity contribution is 0.438. The van der Waals surface area contributed by atoms with Crippen LogP contribution in [0.1, 0.15) is 26.2 Å². The van der Waals surface area contributed by atoms with Crippen molar-refractivity contribution in [2.24, 2.45) is 13.0 Å². The third-order valence-corrected chi connectivity index (χ3v) is 6.19. The monoisotopic (exact) mass is 415 g/mol. The Morgan fingerprint density at radius 2 is 2.07 bits per heavy atom. The first kappa shape index (κ1) is 19.7. The molecule has 0 bridgehead atoms. The molecule has 29 heavy (non-hydrogen) atoms. The molecule has 10 heteroatoms. The summed E-state index contributed by atoms with van der Waals surface area (Å²) in [6.45, 7) is 4.68. The molecule has 1 saturated heterocycles. The molecule has 9 nitrogen and oxygen atoms in total. The molecule has 0 saturated carbocycles. The summed E-state index contributed by atoms with van der Waals surface area (Å²) in [4.78, 5) is 42.5. The number of imidazole rings is 1. The van der Waals surface area contributed by atoms with Crippen molar-refractivity contribution >= 4 is 28.9 Å². The van der Waals surface area contributed by atoms with Gasteiger partial charge in [0, 0.05) is 44.8 Å². The van der Waals surface area contributed by atoms with Crippen molar-refractivity contribution in [1.29, 1.82) is 0 Å². The van der Waals surface area contributed by atoms with Crippen LogP contribution < -0.4 is 16.1 Å². The minimum Gasteiger partial charge on any atom is -0.342 e. The number of hydrogen-bond donors (Lipinski definition) is 1. The highest BCUT2D eigenvalue weighted by Crippen LogP contribution is 2.25. The number of nitrogens with one attached hydrogen (secondary N) is 1. The van der Waals surface area contributed by atoms with Crippen molar-refractivity contribution in [2.45, 2.75) is 37.9 Å². The molecule has 0 aliphatic carbocycles. The van der Waals surface area contributed by atoms with Crippen LogP contribution in [-0.2, 0) is 13.6 Å². The van der Waals surface area contributed by atoms with Crippen LogP contribution in [-0.4, -0.2) is 47.9 Å². The second-order valence-electron chi connectivity index (χ2n) is 7.48. The number of rotatable bonds is 6. The number of aromatic nitrogens is 6. The maximum atomic E-state index is 12.6. The zero-order chi connectivity index (χ0) is 20.4. The molecular weight excluding hydrogens is 390 g/mol. The van der Waals surface area contributed by atoms with Gasteiger partial charge in [0.25, 0.3) is 5.56 Å². The van der Waals surface area contributed by atoms with E-state index in [-0.39, 0.29) is 5.56 Å². The first-order chi connectivity index (χ1) is 14.0. The second-order valence-corrected chi connectivity index (χ2v) is 8.54. The molecule has 1 atom stereocenters. The summed E-state index contributed by atoms with van der Waals surface area (Å²) >= 11 is 1.59. The van der Waals surface area contributed by atoms with Crippen molar-refractivity contribution in [3.63, 3.8) is 0 Å². The van der Waals surface area contributed by atoms with Gasteiger partial charge in [-0.1, -0.05) is 18.7 Å². The van der Waals surface area contributed by atoms with Gasteiger partial charge in [0.1, 0.15) is 0 Å². The number of aryl methyl sites for hydroxylation is 2. The zero-order valence-electron chi connectivity index (χ0n) is 16.7. The van der Waals surface area contributed by atoms with Gasteiger partial charge in [-0.05, 0) is 31.2 Å². The number of thioether (sulfide) groups is 1. The molecule has 154 valence electrons. The normalized spacial score (nSPS) is 17.2. The van der Waals surface area contributed by atoms with Gasteiger partial charge in [-0.3, -0.25) is 14.3 Å². The summed E-state index contributed by atoms with van der Waals surface area (Å²) in [7, 11) is 1.64. The van der Waals surface area contributed by atoms with Gasteiger partial charge in [0.15, 0.2) is 16.3 Å². The maximum Gasteiger partial charge on any atom is 0.329 e. The fourth-order valence-corrected chi connectivity index (χ4v) is 4.52. The first-order valence-corrected chi connectivity index (χ1v) is 10.9. The predicted octanol–water partition coefficient (Wildman–Crippen LogP) is 1.63. The summed E-state index contributed by atoms with van der Waals surface area (Å²) in [5.74, 6) is 2.17. The minimum absolute atomic E-state index is 0.383. The van der Waals surface area contributed by atoms with E-state index in [1.54, 1.807) is 37.3 Å². The van der Waals surface area contributed by atoms with Crippen LogP contribution in [0.5, 0.6) is 0 Å². The SMILES string of the molecule is CC1CCCN(c2nc3c(c(=O)[nH]c(=O)n3C)n2CCCSc2ncccn2)C1. The topological polar surface area (TPSA) is 102 Å². The van der Waals surface area contributed by atoms with Gasteiger partial charge < -0.3 is 9.47 Å². The summed E-state index contributed by atoms with van der Waals surface area (Å²) < 4.78 is 3.38. The van der Waals surface area contributed by atoms with Crippen LogP contribution in [0.15, 0.2) is 33.2 Å². The Hall–Kier alpha value is -2.62. The Bertz CT molecular complexity index is 1110. The van der Waals surface area contributed by atoms with Gasteiger partial charge >= 0.3 is 5.69 Å². The van der Waals surface area contributed by atoms with Gasteiger partial charge in [-0.15, -0.1) is 0 Å². The molecule has 4 heterocycles. The van der Waals surface area contributed by atoms with Crippen molar-refractivity contribution in [3.8, 4) is 0 Å². The third kappa shape index (κ3) is 4.07. The van der Waals surface area contributed by atoms with Gasteiger partial charge in [-0.2, -0.15) is 4.98 Å². The molecule has 0 amide bonds. The van der Waals surface area contributed by atoms with E-state index < -0.39 is 5.69 Å². The molecule has 1 aliphatic heterocycles. The van der Waals surface area contributed by atoms with E-state index in [1.165, 1.54) is 11.0 Å². The molecule has 0 spiro atoms. The van der Waals surface area contributed by atoms with Crippen LogP contribution >= 0.6 is 11.8 Å². The fourth-order valence-electron chi connectivity index (χ4n) is 3.79. The van der Waals surface area contributed by atoms with Crippen LogP contribution in [0.3, 0.4) is 0 Å². The smallest absolute Gasteiger partial charge is 0.329 e. The Morgan fingerprint density at radius 1 is 1.28 bits per heavy atom. The summed E-state index contributed by atoms with van der Waals surface area (Å²) in [5, 5.41) is 0.744. The van der Waals surface area contributed by atoms with E-state index in [2.05, 4.69) is 26.8 Å². The van der Waals surface area contributed by atoms with E-state index in [0.717, 1.165) is 42.8 Å². The number of anilines is 1. The molecular formula is C19H25N7O2S. The predicted molar refractivity (Wildman–Crippen MR) is 114 cm³/mol. The van der Waals surface area contributed by atoms with Crippen LogP contribution in [0.2, 0.25) is 0 Å². The minimum atomic E-state index is -0.442. The van der Waals surface area contributed by atoms with Crippen LogP contribution in [0.4, 0.5) is 5.95 Å². The van der Waals surface area contributed by atoms with E-state index in [4.69, 9.17) is 4.98 Å². The summed E-state index contributed by atoms with van der Waals surface area (Å²) in [6, 6.07) is 1.80. The Morgan fingerprint density at radius 3 is 2.83 bits per heavy atom. The molecule has 1 unspecified atom stereocenters. The highest BCUT2D eigenvalue weighted by Gasteiger charge is 2.24. The molecule has 1 aliphatic rings. The molecule has 3 aromatic rings. The van der Waals surface area contributed by atoms with E-state index in [1.807, 2.05) is 4.57 Å². The highest BCUT2D eigenvalue weighted by atomic mass is 32.2. The summed E-state index contributed by atoms with van der Waals surface area (Å²) in [6.07, 6.45) is 6.58. The molecule has 0 aromatic carbocycles. The Labute approximate surface area is 172 Å². The fraction of sp³-hybridized carbons (Fsp3) is 0.526. The number of piperidine rings is 1. The van der Waals surface area contributed by atoms with Crippen molar-refractivity contribution in [3.05, 3.63) is 39.3 Å². The molecule has 4 rings (SSSR count). The third-order valence-electron chi connectivity index (χ3n) is 5.23. The van der Waals surface area contributed by atoms with Gasteiger partial charge in [0.05, 0.1) is 0 Å². The van der Waals surface area contributed by atoms with E-state index in [9.17, 15) is 9.59 Å². The lowest BCUT2D eigenvalue weighted by atomic mass is 10.0. The van der Waals surface area contributed by atoms with Crippen molar-refractivity contribution in [2.75, 3.05) is 23.7 Å². The average Bonchev–Trinajstić information content (AvgIpc) is 3.10. The number of aromatic amines is 1. The lowest BCUT2D eigenvalue weighted by Gasteiger charge is -2.32. The largest absolute Gasteiger partial charge is 0.342 e. The van der Waals surface area contributed by atoms with Crippen molar-refractivity contribution < 1.29 is 0 Å². The Kier molecular flexibility index (Phi) is 5.70. The quantitative estimate of drug-likeness (QED) is 0.371. The number of hydrogen-bond acceptors (Lipinski definition) is 7. The zero-order valence-corrected chi connectivity index (χ0v) is 17.5. The van der Waals surface area contributed by atoms with Gasteiger partial charge in [-0.25, -0.2) is 14.8 Å². The Balaban J connectivity index is 1.64. The molecule has 0 radical (unpaired) electrons. The number of nitrogens with zero attached hydrogens (tertiary/aromatic N) is 6. The van der Waals surface area contributed by atoms with Gasteiger partial charge in [0.2, 0.25) is 5.95 Å². The molecule has 1 fully saturated rings. The molecule has 1 N–H and O–H groups in total. The van der Waals surface area contributed by atoms with Crippen molar-refractivity contribution in [1.82, 2.24) is 29.1 Å². The van der Waals surface area contributed by atoms with Crippen LogP contribution in [0, 0.1) is 5.92 Å². The van der Waals surface area contributed by atoms with E-state index >= 15 is 0 Å². The second kappa shape index (κ2) is 8.40. The maximum absolute atomic E-state index is 12.6. The lowest BCUT2D eigenvalue weighted by Crippen LogP contribution is -2.36. The average molecular weight is 416 g/mol. The number of H-pyrrole nitrogens is 1. The first-order valence-electron chi connectivity index (χ1n) is 9.89. The van der Waals surface area contributed by atoms with Crippen LogP contribution in [0.25, 0.3) is 11.2 Å². The summed E-state index contributed by atoms with van der Waals surface area (Å²) in [5.41, 5.74) is 0.0701.